The Morgan fingerprint density at radius 1 is 1.38 bits per heavy atom. The molecule has 0 unspecified atom stereocenters. The Morgan fingerprint density at radius 2 is 2.15 bits per heavy atom. The molecule has 1 saturated heterocycles. The first-order valence-electron chi connectivity index (χ1n) is 8.68. The van der Waals surface area contributed by atoms with Gasteiger partial charge in [0.15, 0.2) is 5.96 Å². The molecule has 2 heterocycles. The van der Waals surface area contributed by atoms with Crippen LogP contribution in [0.25, 0.3) is 0 Å². The minimum Gasteiger partial charge on any atom is -0.379 e. The van der Waals surface area contributed by atoms with Crippen molar-refractivity contribution in [3.63, 3.8) is 0 Å². The molecule has 144 valence electrons. The maximum Gasteiger partial charge on any atom is 0.241 e. The van der Waals surface area contributed by atoms with Gasteiger partial charge in [0.25, 0.3) is 0 Å². The summed E-state index contributed by atoms with van der Waals surface area (Å²) in [5, 5.41) is 6.17. The third-order valence-electron chi connectivity index (χ3n) is 3.95. The maximum atomic E-state index is 13.7. The Bertz CT molecular complexity index is 605. The number of morpholine rings is 1. The van der Waals surface area contributed by atoms with Crippen LogP contribution in [0.15, 0.2) is 23.3 Å². The third-order valence-corrected chi connectivity index (χ3v) is 3.95. The fourth-order valence-corrected chi connectivity index (χ4v) is 2.34. The molecule has 1 fully saturated rings. The molecule has 0 aliphatic carbocycles. The number of amides is 1. The van der Waals surface area contributed by atoms with Gasteiger partial charge >= 0.3 is 0 Å². The van der Waals surface area contributed by atoms with E-state index in [4.69, 9.17) is 4.74 Å². The summed E-state index contributed by atoms with van der Waals surface area (Å²) >= 11 is 0. The zero-order valence-electron chi connectivity index (χ0n) is 15.4. The number of likely N-dealkylation sites (N-methyl/N-ethyl adjacent to an activating group) is 1. The summed E-state index contributed by atoms with van der Waals surface area (Å²) in [6.45, 7) is 5.00. The average Bonchev–Trinajstić information content (AvgIpc) is 2.65. The smallest absolute Gasteiger partial charge is 0.241 e. The van der Waals surface area contributed by atoms with Gasteiger partial charge in [-0.2, -0.15) is 0 Å². The zero-order valence-corrected chi connectivity index (χ0v) is 15.4. The molecule has 1 aliphatic heterocycles. The number of nitrogens with one attached hydrogen (secondary N) is 2. The Hall–Kier alpha value is -2.26. The fraction of sp³-hybridized carbons (Fsp3) is 0.588. The molecule has 2 rings (SSSR count). The van der Waals surface area contributed by atoms with E-state index < -0.39 is 5.82 Å². The summed E-state index contributed by atoms with van der Waals surface area (Å²) in [6.07, 6.45) is 1.53. The number of hydrogen-bond donors (Lipinski definition) is 2. The van der Waals surface area contributed by atoms with Gasteiger partial charge < -0.3 is 20.3 Å². The summed E-state index contributed by atoms with van der Waals surface area (Å²) in [7, 11) is 3.38. The Balaban J connectivity index is 1.90. The molecule has 1 aromatic rings. The lowest BCUT2D eigenvalue weighted by Crippen LogP contribution is -2.46. The van der Waals surface area contributed by atoms with E-state index in [0.717, 1.165) is 32.8 Å². The van der Waals surface area contributed by atoms with Crippen molar-refractivity contribution in [3.05, 3.63) is 29.8 Å². The minimum absolute atomic E-state index is 0.0725. The van der Waals surface area contributed by atoms with E-state index in [9.17, 15) is 9.18 Å². The molecule has 1 aliphatic rings. The van der Waals surface area contributed by atoms with Crippen molar-refractivity contribution >= 4 is 11.9 Å². The molecule has 1 aromatic heterocycles. The van der Waals surface area contributed by atoms with Crippen molar-refractivity contribution in [3.8, 4) is 0 Å². The van der Waals surface area contributed by atoms with Crippen LogP contribution < -0.4 is 10.6 Å². The van der Waals surface area contributed by atoms with E-state index in [2.05, 4.69) is 25.5 Å². The van der Waals surface area contributed by atoms with Gasteiger partial charge in [0.1, 0.15) is 5.82 Å². The van der Waals surface area contributed by atoms with Gasteiger partial charge in [-0.1, -0.05) is 0 Å². The number of pyridine rings is 1. The highest BCUT2D eigenvalue weighted by Gasteiger charge is 2.11. The van der Waals surface area contributed by atoms with Crippen LogP contribution in [0.3, 0.4) is 0 Å². The molecular weight excluding hydrogens is 339 g/mol. The number of guanidine groups is 1. The Kier molecular flexibility index (Phi) is 8.23. The van der Waals surface area contributed by atoms with Crippen LogP contribution in [0.5, 0.6) is 0 Å². The number of halogens is 1. The first-order valence-corrected chi connectivity index (χ1v) is 8.68. The van der Waals surface area contributed by atoms with Crippen LogP contribution in [0.4, 0.5) is 4.39 Å². The van der Waals surface area contributed by atoms with Crippen molar-refractivity contribution < 1.29 is 13.9 Å². The molecule has 26 heavy (non-hydrogen) atoms. The van der Waals surface area contributed by atoms with Crippen LogP contribution in [-0.2, 0) is 16.1 Å². The number of aromatic nitrogens is 1. The predicted molar refractivity (Wildman–Crippen MR) is 97.3 cm³/mol. The number of rotatable bonds is 7. The Labute approximate surface area is 153 Å². The fourth-order valence-electron chi connectivity index (χ4n) is 2.34. The van der Waals surface area contributed by atoms with E-state index >= 15 is 0 Å². The van der Waals surface area contributed by atoms with Gasteiger partial charge in [-0.15, -0.1) is 0 Å². The molecule has 0 aromatic carbocycles. The van der Waals surface area contributed by atoms with Crippen LogP contribution in [0.2, 0.25) is 0 Å². The molecule has 0 spiro atoms. The van der Waals surface area contributed by atoms with Crippen molar-refractivity contribution in [2.75, 3.05) is 60.0 Å². The minimum atomic E-state index is -0.395. The molecule has 8 nitrogen and oxygen atoms in total. The van der Waals surface area contributed by atoms with Crippen LogP contribution >= 0.6 is 0 Å². The molecular formula is C17H27FN6O2. The lowest BCUT2D eigenvalue weighted by Gasteiger charge is -2.26. The molecule has 9 heteroatoms. The average molecular weight is 366 g/mol. The number of nitrogens with zero attached hydrogens (tertiary/aromatic N) is 4. The molecule has 1 amide bonds. The molecule has 0 radical (unpaired) electrons. The zero-order chi connectivity index (χ0) is 18.8. The number of aliphatic imine (C=N–C) groups is 1. The highest BCUT2D eigenvalue weighted by Crippen LogP contribution is 2.03. The van der Waals surface area contributed by atoms with Crippen molar-refractivity contribution in [1.29, 1.82) is 0 Å². The molecule has 0 saturated carbocycles. The summed E-state index contributed by atoms with van der Waals surface area (Å²) in [5.41, 5.74) is 0.265. The number of hydrogen-bond acceptors (Lipinski definition) is 5. The van der Waals surface area contributed by atoms with Gasteiger partial charge in [-0.05, 0) is 12.1 Å². The standard InChI is InChI=1S/C17H27FN6O2/c1-23(2)16(25)13-22-17(20-6-7-24-8-10-26-11-9-24)21-12-15-14(18)4-3-5-19-15/h3-5H,6-13H2,1-2H3,(H2,20,21,22). The predicted octanol–water partition coefficient (Wildman–Crippen LogP) is -0.324. The molecule has 2 N–H and O–H groups in total. The number of carbonyl (C=O) groups is 1. The van der Waals surface area contributed by atoms with Crippen molar-refractivity contribution in [2.45, 2.75) is 6.54 Å². The molecule has 0 bridgehead atoms. The second-order valence-electron chi connectivity index (χ2n) is 6.12. The van der Waals surface area contributed by atoms with E-state index in [1.165, 1.54) is 23.2 Å². The first-order chi connectivity index (χ1) is 12.6. The summed E-state index contributed by atoms with van der Waals surface area (Å²) in [4.78, 5) is 23.9. The van der Waals surface area contributed by atoms with E-state index in [1.807, 2.05) is 0 Å². The first kappa shape index (κ1) is 20.1. The largest absolute Gasteiger partial charge is 0.379 e. The van der Waals surface area contributed by atoms with Gasteiger partial charge in [0.05, 0.1) is 32.0 Å². The second kappa shape index (κ2) is 10.7. The highest BCUT2D eigenvalue weighted by atomic mass is 19.1. The lowest BCUT2D eigenvalue weighted by atomic mass is 10.3. The van der Waals surface area contributed by atoms with Crippen LogP contribution in [0, 0.1) is 5.82 Å². The van der Waals surface area contributed by atoms with Crippen molar-refractivity contribution in [2.24, 2.45) is 4.99 Å². The summed E-state index contributed by atoms with van der Waals surface area (Å²) < 4.78 is 19.0. The highest BCUT2D eigenvalue weighted by molar-refractivity contribution is 5.86. The van der Waals surface area contributed by atoms with E-state index in [-0.39, 0.29) is 24.7 Å². The van der Waals surface area contributed by atoms with Gasteiger partial charge in [0.2, 0.25) is 5.91 Å². The topological polar surface area (TPSA) is 82.1 Å². The maximum absolute atomic E-state index is 13.7. The quantitative estimate of drug-likeness (QED) is 0.508. The van der Waals surface area contributed by atoms with E-state index in [1.54, 1.807) is 14.1 Å². The van der Waals surface area contributed by atoms with E-state index in [0.29, 0.717) is 12.5 Å². The van der Waals surface area contributed by atoms with Gasteiger partial charge in [-0.25, -0.2) is 9.38 Å². The van der Waals surface area contributed by atoms with Gasteiger partial charge in [-0.3, -0.25) is 14.7 Å². The Morgan fingerprint density at radius 3 is 2.85 bits per heavy atom. The van der Waals surface area contributed by atoms with Crippen LogP contribution in [0.1, 0.15) is 5.69 Å². The third kappa shape index (κ3) is 6.93. The SMILES string of the molecule is CN(C)C(=O)CNC(=NCc1ncccc1F)NCCN1CCOCC1. The summed E-state index contributed by atoms with van der Waals surface area (Å²) in [6, 6.07) is 2.89. The van der Waals surface area contributed by atoms with Crippen molar-refractivity contribution in [1.82, 2.24) is 25.4 Å². The lowest BCUT2D eigenvalue weighted by molar-refractivity contribution is -0.127. The number of ether oxygens (including phenoxy) is 1. The monoisotopic (exact) mass is 366 g/mol. The van der Waals surface area contributed by atoms with Crippen LogP contribution in [-0.4, -0.2) is 86.7 Å². The normalized spacial score (nSPS) is 15.6. The molecule has 0 atom stereocenters. The number of carbonyl (C=O) groups excluding carboxylic acids is 1. The summed E-state index contributed by atoms with van der Waals surface area (Å²) in [5.74, 6) is -0.0107. The second-order valence-corrected chi connectivity index (χ2v) is 6.12. The van der Waals surface area contributed by atoms with Gasteiger partial charge in [0, 0.05) is 46.5 Å².